The zero-order chi connectivity index (χ0) is 11.3. The summed E-state index contributed by atoms with van der Waals surface area (Å²) in [5, 5.41) is 0. The van der Waals surface area contributed by atoms with E-state index in [1.54, 1.807) is 0 Å². The van der Waals surface area contributed by atoms with Gasteiger partial charge in [-0.3, -0.25) is 0 Å². The molecule has 0 radical (unpaired) electrons. The number of aryl methyl sites for hydroxylation is 2. The van der Waals surface area contributed by atoms with Crippen LogP contribution in [-0.2, 0) is 6.42 Å². The summed E-state index contributed by atoms with van der Waals surface area (Å²) in [6, 6.07) is 6.74. The molecule has 1 nitrogen and oxygen atoms in total. The molecule has 2 N–H and O–H groups in total. The maximum atomic E-state index is 6.11. The molecule has 0 spiro atoms. The lowest BCUT2D eigenvalue weighted by atomic mass is 9.97. The predicted octanol–water partition coefficient (Wildman–Crippen LogP) is 2.93. The van der Waals surface area contributed by atoms with E-state index in [0.29, 0.717) is 0 Å². The van der Waals surface area contributed by atoms with E-state index in [1.165, 1.54) is 16.7 Å². The van der Waals surface area contributed by atoms with Gasteiger partial charge in [-0.25, -0.2) is 0 Å². The summed E-state index contributed by atoms with van der Waals surface area (Å²) >= 11 is 1.92. The first-order valence-electron chi connectivity index (χ1n) is 5.53. The van der Waals surface area contributed by atoms with Crippen LogP contribution in [0.15, 0.2) is 18.2 Å². The number of thioether (sulfide) groups is 1. The Morgan fingerprint density at radius 1 is 1.27 bits per heavy atom. The van der Waals surface area contributed by atoms with Gasteiger partial charge in [0.2, 0.25) is 0 Å². The maximum absolute atomic E-state index is 6.11. The molecule has 0 saturated heterocycles. The minimum atomic E-state index is 0.287. The van der Waals surface area contributed by atoms with E-state index in [9.17, 15) is 0 Å². The predicted molar refractivity (Wildman–Crippen MR) is 70.6 cm³/mol. The summed E-state index contributed by atoms with van der Waals surface area (Å²) in [4.78, 5) is 0. The van der Waals surface area contributed by atoms with Gasteiger partial charge in [0, 0.05) is 11.8 Å². The van der Waals surface area contributed by atoms with E-state index in [-0.39, 0.29) is 6.04 Å². The number of nitrogens with two attached hydrogens (primary N) is 1. The van der Waals surface area contributed by atoms with Gasteiger partial charge in [-0.2, -0.15) is 11.8 Å². The van der Waals surface area contributed by atoms with Gasteiger partial charge in [-0.1, -0.05) is 25.1 Å². The van der Waals surface area contributed by atoms with Crippen LogP contribution < -0.4 is 5.73 Å². The monoisotopic (exact) mass is 223 g/mol. The number of hydrogen-bond acceptors (Lipinski definition) is 2. The Labute approximate surface area is 97.4 Å². The van der Waals surface area contributed by atoms with Crippen molar-refractivity contribution in [3.8, 4) is 0 Å². The van der Waals surface area contributed by atoms with Crippen molar-refractivity contribution in [3.05, 3.63) is 34.9 Å². The molecule has 1 atom stereocenters. The maximum Gasteiger partial charge on any atom is 0.0171 e. The van der Waals surface area contributed by atoms with Gasteiger partial charge in [0.15, 0.2) is 0 Å². The molecule has 0 saturated carbocycles. The van der Waals surface area contributed by atoms with Crippen LogP contribution in [0.4, 0.5) is 0 Å². The van der Waals surface area contributed by atoms with Gasteiger partial charge < -0.3 is 5.73 Å². The van der Waals surface area contributed by atoms with Crippen molar-refractivity contribution < 1.29 is 0 Å². The highest BCUT2D eigenvalue weighted by molar-refractivity contribution is 7.99. The van der Waals surface area contributed by atoms with Crippen molar-refractivity contribution in [1.29, 1.82) is 0 Å². The van der Waals surface area contributed by atoms with Gasteiger partial charge in [-0.15, -0.1) is 0 Å². The van der Waals surface area contributed by atoms with Crippen LogP contribution >= 0.6 is 11.8 Å². The summed E-state index contributed by atoms with van der Waals surface area (Å²) in [5.41, 5.74) is 10.3. The number of rotatable bonds is 5. The molecule has 0 heterocycles. The summed E-state index contributed by atoms with van der Waals surface area (Å²) in [7, 11) is 0. The van der Waals surface area contributed by atoms with Crippen LogP contribution in [0.1, 0.15) is 23.6 Å². The minimum Gasteiger partial charge on any atom is -0.327 e. The van der Waals surface area contributed by atoms with E-state index in [2.05, 4.69) is 39.0 Å². The molecule has 1 aromatic rings. The SMILES string of the molecule is CCSCC(N)Cc1c(C)cccc1C. The molecular formula is C13H21NS. The first-order chi connectivity index (χ1) is 7.15. The minimum absolute atomic E-state index is 0.287. The summed E-state index contributed by atoms with van der Waals surface area (Å²) in [6.07, 6.45) is 1.01. The van der Waals surface area contributed by atoms with Gasteiger partial charge in [0.05, 0.1) is 0 Å². The van der Waals surface area contributed by atoms with Crippen molar-refractivity contribution in [2.75, 3.05) is 11.5 Å². The summed E-state index contributed by atoms with van der Waals surface area (Å²) in [6.45, 7) is 6.51. The largest absolute Gasteiger partial charge is 0.327 e. The number of hydrogen-bond donors (Lipinski definition) is 1. The summed E-state index contributed by atoms with van der Waals surface area (Å²) in [5.74, 6) is 2.21. The standard InChI is InChI=1S/C13H21NS/c1-4-15-9-12(14)8-13-10(2)6-5-7-11(13)3/h5-7,12H,4,8-9,14H2,1-3H3. The second kappa shape index (κ2) is 6.19. The third-order valence-electron chi connectivity index (χ3n) is 2.65. The average molecular weight is 223 g/mol. The molecule has 1 unspecified atom stereocenters. The topological polar surface area (TPSA) is 26.0 Å². The lowest BCUT2D eigenvalue weighted by Crippen LogP contribution is -2.26. The zero-order valence-corrected chi connectivity index (χ0v) is 10.7. The Hall–Kier alpha value is -0.470. The normalized spacial score (nSPS) is 12.8. The van der Waals surface area contributed by atoms with Crippen molar-refractivity contribution >= 4 is 11.8 Å². The van der Waals surface area contributed by atoms with E-state index in [0.717, 1.165) is 17.9 Å². The highest BCUT2D eigenvalue weighted by atomic mass is 32.2. The Morgan fingerprint density at radius 2 is 1.87 bits per heavy atom. The van der Waals surface area contributed by atoms with Crippen molar-refractivity contribution in [3.63, 3.8) is 0 Å². The molecule has 0 fully saturated rings. The van der Waals surface area contributed by atoms with Crippen LogP contribution in [0.25, 0.3) is 0 Å². The molecule has 0 aliphatic heterocycles. The highest BCUT2D eigenvalue weighted by Crippen LogP contribution is 2.16. The fourth-order valence-corrected chi connectivity index (χ4v) is 2.42. The Balaban J connectivity index is 2.63. The quantitative estimate of drug-likeness (QED) is 0.830. The van der Waals surface area contributed by atoms with Gasteiger partial charge in [0.1, 0.15) is 0 Å². The smallest absolute Gasteiger partial charge is 0.0171 e. The van der Waals surface area contributed by atoms with Crippen LogP contribution in [0, 0.1) is 13.8 Å². The van der Waals surface area contributed by atoms with E-state index >= 15 is 0 Å². The molecule has 15 heavy (non-hydrogen) atoms. The van der Waals surface area contributed by atoms with Crippen LogP contribution in [0.3, 0.4) is 0 Å². The lowest BCUT2D eigenvalue weighted by molar-refractivity contribution is 0.741. The van der Waals surface area contributed by atoms with Crippen molar-refractivity contribution in [1.82, 2.24) is 0 Å². The van der Waals surface area contributed by atoms with Crippen molar-refractivity contribution in [2.45, 2.75) is 33.2 Å². The lowest BCUT2D eigenvalue weighted by Gasteiger charge is -2.14. The fourth-order valence-electron chi connectivity index (χ4n) is 1.76. The number of benzene rings is 1. The Bertz CT molecular complexity index is 289. The third kappa shape index (κ3) is 3.88. The summed E-state index contributed by atoms with van der Waals surface area (Å²) < 4.78 is 0. The molecule has 0 aliphatic carbocycles. The average Bonchev–Trinajstić information content (AvgIpc) is 2.21. The van der Waals surface area contributed by atoms with Gasteiger partial charge in [0.25, 0.3) is 0 Å². The van der Waals surface area contributed by atoms with E-state index in [4.69, 9.17) is 5.73 Å². The first-order valence-corrected chi connectivity index (χ1v) is 6.69. The van der Waals surface area contributed by atoms with E-state index < -0.39 is 0 Å². The second-order valence-electron chi connectivity index (χ2n) is 3.99. The molecule has 0 aromatic heterocycles. The third-order valence-corrected chi connectivity index (χ3v) is 3.72. The molecule has 0 aliphatic rings. The van der Waals surface area contributed by atoms with Crippen molar-refractivity contribution in [2.24, 2.45) is 5.73 Å². The molecule has 2 heteroatoms. The first kappa shape index (κ1) is 12.6. The molecule has 1 aromatic carbocycles. The van der Waals surface area contributed by atoms with Gasteiger partial charge in [-0.05, 0) is 42.7 Å². The van der Waals surface area contributed by atoms with Crippen LogP contribution in [-0.4, -0.2) is 17.5 Å². The van der Waals surface area contributed by atoms with Crippen LogP contribution in [0.5, 0.6) is 0 Å². The zero-order valence-electron chi connectivity index (χ0n) is 9.92. The van der Waals surface area contributed by atoms with E-state index in [1.807, 2.05) is 11.8 Å². The second-order valence-corrected chi connectivity index (χ2v) is 5.31. The fraction of sp³-hybridized carbons (Fsp3) is 0.538. The van der Waals surface area contributed by atoms with Crippen LogP contribution in [0.2, 0.25) is 0 Å². The molecule has 1 rings (SSSR count). The van der Waals surface area contributed by atoms with Gasteiger partial charge >= 0.3 is 0 Å². The Morgan fingerprint density at radius 3 is 2.40 bits per heavy atom. The highest BCUT2D eigenvalue weighted by Gasteiger charge is 2.08. The molecule has 0 bridgehead atoms. The Kier molecular flexibility index (Phi) is 5.20. The molecule has 0 amide bonds. The molecule has 84 valence electrons. The molecular weight excluding hydrogens is 202 g/mol.